The highest BCUT2D eigenvalue weighted by Gasteiger charge is 2.56. The topological polar surface area (TPSA) is 12.0 Å². The molecule has 100 valence electrons. The Kier molecular flexibility index (Phi) is 4.19. The summed E-state index contributed by atoms with van der Waals surface area (Å²) in [5.74, 6) is 2.93. The molecule has 3 unspecified atom stereocenters. The Labute approximate surface area is 130 Å². The third kappa shape index (κ3) is 2.46. The molecule has 1 N–H and O–H groups in total. The van der Waals surface area contributed by atoms with Crippen molar-refractivity contribution in [2.75, 3.05) is 6.54 Å². The van der Waals surface area contributed by atoms with Crippen LogP contribution in [0.2, 0.25) is 0 Å². The molecule has 0 saturated heterocycles. The largest absolute Gasteiger partial charge is 0.309 e. The Bertz CT molecular complexity index is 402. The molecule has 18 heavy (non-hydrogen) atoms. The van der Waals surface area contributed by atoms with Crippen molar-refractivity contribution >= 4 is 43.2 Å². The maximum absolute atomic E-state index is 3.79. The van der Waals surface area contributed by atoms with Crippen molar-refractivity contribution in [2.24, 2.45) is 17.8 Å². The number of halogens is 2. The van der Waals surface area contributed by atoms with Gasteiger partial charge in [0.15, 0.2) is 0 Å². The van der Waals surface area contributed by atoms with Crippen LogP contribution in [0.4, 0.5) is 0 Å². The summed E-state index contributed by atoms with van der Waals surface area (Å²) < 4.78 is 2.43. The van der Waals surface area contributed by atoms with E-state index in [0.717, 1.165) is 24.3 Å². The number of hydrogen-bond acceptors (Lipinski definition) is 2. The number of hydrogen-bond donors (Lipinski definition) is 1. The lowest BCUT2D eigenvalue weighted by molar-refractivity contribution is 0.423. The second-order valence-corrected chi connectivity index (χ2v) is 8.79. The lowest BCUT2D eigenvalue weighted by Gasteiger charge is -2.19. The molecular weight excluding hydrogens is 374 g/mol. The van der Waals surface area contributed by atoms with Crippen molar-refractivity contribution in [3.63, 3.8) is 0 Å². The molecule has 0 spiro atoms. The van der Waals surface area contributed by atoms with Crippen LogP contribution in [0.1, 0.15) is 43.5 Å². The van der Waals surface area contributed by atoms with E-state index < -0.39 is 0 Å². The second-order valence-electron chi connectivity index (χ2n) is 5.54. The van der Waals surface area contributed by atoms with Crippen LogP contribution in [-0.4, -0.2) is 6.54 Å². The predicted molar refractivity (Wildman–Crippen MR) is 85.1 cm³/mol. The van der Waals surface area contributed by atoms with E-state index in [4.69, 9.17) is 0 Å². The lowest BCUT2D eigenvalue weighted by atomic mass is 10.0. The van der Waals surface area contributed by atoms with Gasteiger partial charge in [-0.2, -0.15) is 0 Å². The molecule has 3 rings (SSSR count). The summed E-state index contributed by atoms with van der Waals surface area (Å²) >= 11 is 9.13. The molecule has 0 aliphatic heterocycles. The summed E-state index contributed by atoms with van der Waals surface area (Å²) in [7, 11) is 0. The number of nitrogens with one attached hydrogen (secondary N) is 1. The van der Waals surface area contributed by atoms with E-state index in [9.17, 15) is 0 Å². The predicted octanol–water partition coefficient (Wildman–Crippen LogP) is 5.36. The van der Waals surface area contributed by atoms with E-state index in [1.165, 1.54) is 38.8 Å². The van der Waals surface area contributed by atoms with Crippen LogP contribution in [0, 0.1) is 17.8 Å². The summed E-state index contributed by atoms with van der Waals surface area (Å²) in [6.45, 7) is 3.38. The van der Waals surface area contributed by atoms with Gasteiger partial charge in [0.2, 0.25) is 0 Å². The van der Waals surface area contributed by atoms with E-state index in [1.54, 1.807) is 0 Å². The quantitative estimate of drug-likeness (QED) is 0.710. The minimum Gasteiger partial charge on any atom is -0.309 e. The van der Waals surface area contributed by atoms with Crippen LogP contribution in [0.15, 0.2) is 14.3 Å². The molecule has 2 saturated carbocycles. The Morgan fingerprint density at radius 2 is 2.11 bits per heavy atom. The molecule has 0 aromatic carbocycles. The van der Waals surface area contributed by atoms with E-state index in [2.05, 4.69) is 50.2 Å². The van der Waals surface area contributed by atoms with Gasteiger partial charge in [0.1, 0.15) is 0 Å². The SMILES string of the molecule is CCCNC(c1cc(Br)c(Br)s1)C1C2CCCC21. The molecule has 1 heterocycles. The number of thiophene rings is 1. The average molecular weight is 393 g/mol. The van der Waals surface area contributed by atoms with Crippen molar-refractivity contribution in [3.8, 4) is 0 Å². The van der Waals surface area contributed by atoms with Gasteiger partial charge in [0, 0.05) is 15.4 Å². The Hall–Kier alpha value is 0.620. The Balaban J connectivity index is 1.77. The van der Waals surface area contributed by atoms with Gasteiger partial charge in [0.05, 0.1) is 3.79 Å². The molecule has 3 atom stereocenters. The molecule has 0 amide bonds. The summed E-state index contributed by atoms with van der Waals surface area (Å²) in [6, 6.07) is 2.89. The van der Waals surface area contributed by atoms with Crippen LogP contribution in [0.25, 0.3) is 0 Å². The Morgan fingerprint density at radius 3 is 2.67 bits per heavy atom. The third-order valence-corrected chi connectivity index (χ3v) is 7.78. The van der Waals surface area contributed by atoms with Crippen molar-refractivity contribution in [1.82, 2.24) is 5.32 Å². The smallest absolute Gasteiger partial charge is 0.0843 e. The Morgan fingerprint density at radius 1 is 1.39 bits per heavy atom. The maximum Gasteiger partial charge on any atom is 0.0843 e. The maximum atomic E-state index is 3.79. The summed E-state index contributed by atoms with van der Waals surface area (Å²) in [5.41, 5.74) is 0. The molecule has 4 heteroatoms. The van der Waals surface area contributed by atoms with Gasteiger partial charge in [-0.15, -0.1) is 11.3 Å². The molecule has 1 aromatic heterocycles. The summed E-state index contributed by atoms with van der Waals surface area (Å²) in [6.07, 6.45) is 5.61. The fraction of sp³-hybridized carbons (Fsp3) is 0.714. The zero-order valence-electron chi connectivity index (χ0n) is 10.6. The van der Waals surface area contributed by atoms with E-state index >= 15 is 0 Å². The minimum absolute atomic E-state index is 0.591. The summed E-state index contributed by atoms with van der Waals surface area (Å²) in [5, 5.41) is 3.79. The van der Waals surface area contributed by atoms with Gasteiger partial charge in [-0.1, -0.05) is 13.3 Å². The van der Waals surface area contributed by atoms with E-state index in [-0.39, 0.29) is 0 Å². The molecule has 1 nitrogen and oxygen atoms in total. The number of fused-ring (bicyclic) bond motifs is 1. The van der Waals surface area contributed by atoms with Gasteiger partial charge < -0.3 is 5.32 Å². The number of rotatable bonds is 5. The first-order chi connectivity index (χ1) is 8.72. The molecule has 0 radical (unpaired) electrons. The van der Waals surface area contributed by atoms with Crippen LogP contribution in [0.3, 0.4) is 0 Å². The monoisotopic (exact) mass is 391 g/mol. The highest BCUT2D eigenvalue weighted by molar-refractivity contribution is 9.13. The van der Waals surface area contributed by atoms with Crippen molar-refractivity contribution in [1.29, 1.82) is 0 Å². The fourth-order valence-corrected chi connectivity index (χ4v) is 5.84. The zero-order chi connectivity index (χ0) is 12.7. The highest BCUT2D eigenvalue weighted by Crippen LogP contribution is 2.62. The molecule has 2 aliphatic carbocycles. The first kappa shape index (κ1) is 13.6. The summed E-state index contributed by atoms with van der Waals surface area (Å²) in [4.78, 5) is 1.50. The van der Waals surface area contributed by atoms with Gasteiger partial charge in [-0.3, -0.25) is 0 Å². The molecular formula is C14H19Br2NS. The lowest BCUT2D eigenvalue weighted by Crippen LogP contribution is -2.24. The van der Waals surface area contributed by atoms with Crippen LogP contribution in [0.5, 0.6) is 0 Å². The van der Waals surface area contributed by atoms with E-state index in [1.807, 2.05) is 11.3 Å². The van der Waals surface area contributed by atoms with E-state index in [0.29, 0.717) is 6.04 Å². The zero-order valence-corrected chi connectivity index (χ0v) is 14.6. The van der Waals surface area contributed by atoms with Gasteiger partial charge in [0.25, 0.3) is 0 Å². The van der Waals surface area contributed by atoms with Crippen molar-refractivity contribution in [2.45, 2.75) is 38.6 Å². The first-order valence-corrected chi connectivity index (χ1v) is 9.30. The standard InChI is InChI=1S/C14H19Br2NS/c1-2-6-17-13(11-7-10(15)14(16)18-11)12-8-4-3-5-9(8)12/h7-9,12-13,17H,2-6H2,1H3. The molecule has 2 fully saturated rings. The van der Waals surface area contributed by atoms with Gasteiger partial charge in [-0.05, 0) is 81.5 Å². The normalized spacial score (nSPS) is 31.4. The van der Waals surface area contributed by atoms with Crippen LogP contribution >= 0.6 is 43.2 Å². The van der Waals surface area contributed by atoms with Crippen molar-refractivity contribution < 1.29 is 0 Å². The molecule has 1 aromatic rings. The fourth-order valence-electron chi connectivity index (χ4n) is 3.61. The minimum atomic E-state index is 0.591. The molecule has 2 aliphatic rings. The van der Waals surface area contributed by atoms with Gasteiger partial charge >= 0.3 is 0 Å². The molecule has 0 bridgehead atoms. The van der Waals surface area contributed by atoms with Crippen LogP contribution < -0.4 is 5.32 Å². The first-order valence-electron chi connectivity index (χ1n) is 6.90. The second kappa shape index (κ2) is 5.55. The highest BCUT2D eigenvalue weighted by atomic mass is 79.9. The third-order valence-electron chi connectivity index (χ3n) is 4.44. The van der Waals surface area contributed by atoms with Crippen LogP contribution in [-0.2, 0) is 0 Å². The average Bonchev–Trinajstić information content (AvgIpc) is 2.72. The van der Waals surface area contributed by atoms with Crippen molar-refractivity contribution in [3.05, 3.63) is 19.2 Å². The van der Waals surface area contributed by atoms with Gasteiger partial charge in [-0.25, -0.2) is 0 Å².